The Morgan fingerprint density at radius 1 is 1.38 bits per heavy atom. The van der Waals surface area contributed by atoms with Gasteiger partial charge in [-0.3, -0.25) is 9.59 Å². The average Bonchev–Trinajstić information content (AvgIpc) is 2.14. The molecule has 0 aliphatic rings. The summed E-state index contributed by atoms with van der Waals surface area (Å²) in [6, 6.07) is 0. The molecule has 2 unspecified atom stereocenters. The lowest BCUT2D eigenvalue weighted by atomic mass is 10.1. The number of esters is 1. The van der Waals surface area contributed by atoms with Gasteiger partial charge in [-0.2, -0.15) is 0 Å². The lowest BCUT2D eigenvalue weighted by Gasteiger charge is -2.14. The highest BCUT2D eigenvalue weighted by Gasteiger charge is 2.24. The third-order valence-electron chi connectivity index (χ3n) is 1.65. The van der Waals surface area contributed by atoms with Gasteiger partial charge in [0, 0.05) is 6.42 Å². The summed E-state index contributed by atoms with van der Waals surface area (Å²) in [7, 11) is 1.17. The molecule has 0 aliphatic carbocycles. The number of aliphatic hydroxyl groups is 2. The van der Waals surface area contributed by atoms with E-state index < -0.39 is 24.0 Å². The molecular weight excluding hydrogens is 176 g/mol. The topological polar surface area (TPSA) is 83.8 Å². The summed E-state index contributed by atoms with van der Waals surface area (Å²) in [6.45, 7) is 1.57. The van der Waals surface area contributed by atoms with Crippen molar-refractivity contribution in [1.29, 1.82) is 0 Å². The number of ketones is 1. The fraction of sp³-hybridized carbons (Fsp3) is 0.750. The zero-order valence-corrected chi connectivity index (χ0v) is 7.69. The van der Waals surface area contributed by atoms with Crippen molar-refractivity contribution in [2.75, 3.05) is 7.11 Å². The van der Waals surface area contributed by atoms with E-state index in [2.05, 4.69) is 4.74 Å². The van der Waals surface area contributed by atoms with Gasteiger partial charge in [0.1, 0.15) is 6.10 Å². The van der Waals surface area contributed by atoms with Crippen molar-refractivity contribution in [3.05, 3.63) is 0 Å². The normalized spacial score (nSPS) is 14.8. The van der Waals surface area contributed by atoms with Gasteiger partial charge < -0.3 is 14.9 Å². The molecule has 0 spiro atoms. The summed E-state index contributed by atoms with van der Waals surface area (Å²) < 4.78 is 4.26. The Hall–Kier alpha value is -0.940. The summed E-state index contributed by atoms with van der Waals surface area (Å²) in [5.74, 6) is -1.15. The van der Waals surface area contributed by atoms with Crippen LogP contribution in [0.25, 0.3) is 0 Å². The van der Waals surface area contributed by atoms with Crippen LogP contribution in [0.5, 0.6) is 0 Å². The number of methoxy groups -OCH3 is 1. The van der Waals surface area contributed by atoms with Gasteiger partial charge in [-0.25, -0.2) is 0 Å². The zero-order chi connectivity index (χ0) is 10.4. The number of hydrogen-bond donors (Lipinski definition) is 2. The van der Waals surface area contributed by atoms with Crippen LogP contribution >= 0.6 is 0 Å². The van der Waals surface area contributed by atoms with Crippen LogP contribution in [0.2, 0.25) is 0 Å². The predicted octanol–water partition coefficient (Wildman–Crippen LogP) is -0.750. The van der Waals surface area contributed by atoms with Crippen molar-refractivity contribution in [1.82, 2.24) is 0 Å². The molecule has 0 saturated carbocycles. The fourth-order valence-corrected chi connectivity index (χ4v) is 0.789. The number of rotatable bonds is 5. The summed E-state index contributed by atoms with van der Waals surface area (Å²) in [4.78, 5) is 21.5. The Morgan fingerprint density at radius 3 is 2.31 bits per heavy atom. The molecule has 0 aromatic rings. The first-order valence-corrected chi connectivity index (χ1v) is 3.98. The van der Waals surface area contributed by atoms with Gasteiger partial charge >= 0.3 is 5.97 Å². The molecule has 76 valence electrons. The van der Waals surface area contributed by atoms with Gasteiger partial charge in [-0.1, -0.05) is 6.92 Å². The van der Waals surface area contributed by atoms with E-state index in [4.69, 9.17) is 10.2 Å². The number of hydrogen-bond acceptors (Lipinski definition) is 5. The highest BCUT2D eigenvalue weighted by atomic mass is 16.5. The lowest BCUT2D eigenvalue weighted by Crippen LogP contribution is -2.35. The smallest absolute Gasteiger partial charge is 0.308 e. The minimum absolute atomic E-state index is 0.124. The van der Waals surface area contributed by atoms with Crippen LogP contribution < -0.4 is 0 Å². The maximum absolute atomic E-state index is 10.9. The van der Waals surface area contributed by atoms with E-state index in [0.29, 0.717) is 0 Å². The van der Waals surface area contributed by atoms with E-state index in [-0.39, 0.29) is 12.8 Å². The summed E-state index contributed by atoms with van der Waals surface area (Å²) in [5.41, 5.74) is 0. The van der Waals surface area contributed by atoms with Crippen molar-refractivity contribution in [2.45, 2.75) is 32.0 Å². The maximum Gasteiger partial charge on any atom is 0.308 e. The van der Waals surface area contributed by atoms with E-state index in [1.165, 1.54) is 7.11 Å². The van der Waals surface area contributed by atoms with E-state index in [1.807, 2.05) is 0 Å². The molecule has 0 aliphatic heterocycles. The third kappa shape index (κ3) is 4.00. The molecule has 0 aromatic carbocycles. The Bertz CT molecular complexity index is 189. The second-order valence-corrected chi connectivity index (χ2v) is 2.61. The van der Waals surface area contributed by atoms with Crippen LogP contribution in [0.1, 0.15) is 19.8 Å². The quantitative estimate of drug-likeness (QED) is 0.557. The fourth-order valence-electron chi connectivity index (χ4n) is 0.789. The van der Waals surface area contributed by atoms with Crippen molar-refractivity contribution in [3.63, 3.8) is 0 Å². The molecular formula is C8H14O5. The first-order chi connectivity index (χ1) is 6.02. The predicted molar refractivity (Wildman–Crippen MR) is 43.9 cm³/mol. The molecule has 0 bridgehead atoms. The maximum atomic E-state index is 10.9. The van der Waals surface area contributed by atoms with Gasteiger partial charge in [-0.05, 0) is 0 Å². The molecule has 0 heterocycles. The van der Waals surface area contributed by atoms with Crippen LogP contribution in [-0.4, -0.2) is 41.3 Å². The zero-order valence-electron chi connectivity index (χ0n) is 7.69. The first kappa shape index (κ1) is 12.1. The molecule has 0 amide bonds. The summed E-state index contributed by atoms with van der Waals surface area (Å²) >= 11 is 0. The van der Waals surface area contributed by atoms with Crippen LogP contribution in [0.4, 0.5) is 0 Å². The highest BCUT2D eigenvalue weighted by Crippen LogP contribution is 2.03. The van der Waals surface area contributed by atoms with E-state index in [0.717, 1.165) is 0 Å². The highest BCUT2D eigenvalue weighted by molar-refractivity contribution is 5.84. The van der Waals surface area contributed by atoms with Gasteiger partial charge in [0.05, 0.1) is 19.6 Å². The molecule has 2 atom stereocenters. The van der Waals surface area contributed by atoms with Crippen molar-refractivity contribution in [3.8, 4) is 0 Å². The van der Waals surface area contributed by atoms with E-state index in [9.17, 15) is 9.59 Å². The van der Waals surface area contributed by atoms with Crippen molar-refractivity contribution < 1.29 is 24.5 Å². The molecule has 0 rings (SSSR count). The van der Waals surface area contributed by atoms with Crippen LogP contribution in [0, 0.1) is 0 Å². The van der Waals surface area contributed by atoms with Gasteiger partial charge in [0.2, 0.25) is 0 Å². The SMILES string of the molecule is CCC(=O)C(O)C(O)CC(=O)OC. The number of ether oxygens (including phenoxy) is 1. The average molecular weight is 190 g/mol. The van der Waals surface area contributed by atoms with E-state index >= 15 is 0 Å². The van der Waals surface area contributed by atoms with E-state index in [1.54, 1.807) is 6.92 Å². The van der Waals surface area contributed by atoms with Crippen molar-refractivity contribution in [2.24, 2.45) is 0 Å². The Morgan fingerprint density at radius 2 is 1.92 bits per heavy atom. The second kappa shape index (κ2) is 5.66. The van der Waals surface area contributed by atoms with Crippen molar-refractivity contribution >= 4 is 11.8 Å². The Labute approximate surface area is 76.3 Å². The number of carbonyl (C=O) groups excluding carboxylic acids is 2. The molecule has 2 N–H and O–H groups in total. The number of Topliss-reactive ketones (excluding diaryl/α,β-unsaturated/α-hetero) is 1. The van der Waals surface area contributed by atoms with Crippen LogP contribution in [-0.2, 0) is 14.3 Å². The lowest BCUT2D eigenvalue weighted by molar-refractivity contribution is -0.146. The third-order valence-corrected chi connectivity index (χ3v) is 1.65. The number of aliphatic hydroxyl groups excluding tert-OH is 2. The largest absolute Gasteiger partial charge is 0.469 e. The molecule has 0 saturated heterocycles. The minimum Gasteiger partial charge on any atom is -0.469 e. The van der Waals surface area contributed by atoms with Gasteiger partial charge in [-0.15, -0.1) is 0 Å². The minimum atomic E-state index is -1.50. The molecule has 0 fully saturated rings. The summed E-state index contributed by atoms with van der Waals surface area (Å²) in [5, 5.41) is 18.3. The second-order valence-electron chi connectivity index (χ2n) is 2.61. The number of carbonyl (C=O) groups is 2. The van der Waals surface area contributed by atoms with Crippen LogP contribution in [0.3, 0.4) is 0 Å². The molecule has 5 heteroatoms. The Balaban J connectivity index is 4.02. The van der Waals surface area contributed by atoms with Gasteiger partial charge in [0.15, 0.2) is 5.78 Å². The summed E-state index contributed by atoms with van der Waals surface area (Å²) in [6.07, 6.45) is -3.12. The monoisotopic (exact) mass is 190 g/mol. The molecule has 0 radical (unpaired) electrons. The Kier molecular flexibility index (Phi) is 5.25. The first-order valence-electron chi connectivity index (χ1n) is 3.98. The molecule has 5 nitrogen and oxygen atoms in total. The molecule has 13 heavy (non-hydrogen) atoms. The van der Waals surface area contributed by atoms with Crippen LogP contribution in [0.15, 0.2) is 0 Å². The molecule has 0 aromatic heterocycles. The van der Waals surface area contributed by atoms with Gasteiger partial charge in [0.25, 0.3) is 0 Å². The standard InChI is InChI=1S/C8H14O5/c1-3-5(9)8(12)6(10)4-7(11)13-2/h6,8,10,12H,3-4H2,1-2H3.